The van der Waals surface area contributed by atoms with E-state index in [9.17, 15) is 22.4 Å². The first-order valence-electron chi connectivity index (χ1n) is 8.68. The van der Waals surface area contributed by atoms with Crippen LogP contribution in [0.15, 0.2) is 29.2 Å². The van der Waals surface area contributed by atoms with Gasteiger partial charge in [-0.15, -0.1) is 0 Å². The number of piperazine rings is 1. The summed E-state index contributed by atoms with van der Waals surface area (Å²) in [4.78, 5) is 15.1. The van der Waals surface area contributed by atoms with Gasteiger partial charge in [-0.3, -0.25) is 9.69 Å². The van der Waals surface area contributed by atoms with Crippen molar-refractivity contribution in [1.82, 2.24) is 15.1 Å². The third kappa shape index (κ3) is 4.82. The van der Waals surface area contributed by atoms with Gasteiger partial charge in [0.05, 0.1) is 24.3 Å². The Balaban J connectivity index is 1.83. The number of nitrogens with zero attached hydrogens (tertiary/aromatic N) is 3. The van der Waals surface area contributed by atoms with Crippen molar-refractivity contribution >= 4 is 17.3 Å². The predicted octanol–water partition coefficient (Wildman–Crippen LogP) is 3.51. The molecule has 0 saturated carbocycles. The summed E-state index contributed by atoms with van der Waals surface area (Å²) < 4.78 is 52.8. The van der Waals surface area contributed by atoms with Gasteiger partial charge in [-0.25, -0.2) is 9.49 Å². The van der Waals surface area contributed by atoms with E-state index in [1.165, 1.54) is 23.2 Å². The van der Waals surface area contributed by atoms with Crippen molar-refractivity contribution in [2.75, 3.05) is 24.5 Å². The third-order valence-electron chi connectivity index (χ3n) is 4.82. The Morgan fingerprint density at radius 2 is 2.07 bits per heavy atom. The lowest BCUT2D eigenvalue weighted by molar-refractivity contribution is -0.140. The maximum atomic E-state index is 13.3. The van der Waals surface area contributed by atoms with Crippen LogP contribution in [0.1, 0.15) is 17.5 Å². The van der Waals surface area contributed by atoms with E-state index in [4.69, 9.17) is 11.6 Å². The molecule has 1 aliphatic heterocycles. The number of alkyl halides is 3. The first-order valence-corrected chi connectivity index (χ1v) is 9.06. The number of nitrogens with one attached hydrogen (secondary N) is 1. The van der Waals surface area contributed by atoms with Crippen molar-refractivity contribution in [3.05, 3.63) is 56.7 Å². The van der Waals surface area contributed by atoms with Crippen LogP contribution >= 0.6 is 11.6 Å². The molecule has 2 heterocycles. The van der Waals surface area contributed by atoms with Gasteiger partial charge in [0.1, 0.15) is 10.8 Å². The Bertz CT molecular complexity index is 902. The largest absolute Gasteiger partial charge is 0.391 e. The number of benzene rings is 1. The summed E-state index contributed by atoms with van der Waals surface area (Å²) >= 11 is 6.01. The van der Waals surface area contributed by atoms with Gasteiger partial charge in [0.15, 0.2) is 0 Å². The van der Waals surface area contributed by atoms with Gasteiger partial charge >= 0.3 is 6.18 Å². The number of H-pyrrole nitrogens is 1. The van der Waals surface area contributed by atoms with Crippen molar-refractivity contribution < 1.29 is 17.6 Å². The Labute approximate surface area is 163 Å². The predicted molar refractivity (Wildman–Crippen MR) is 98.1 cm³/mol. The second-order valence-corrected chi connectivity index (χ2v) is 7.25. The molecule has 0 aliphatic carbocycles. The molecule has 1 saturated heterocycles. The zero-order valence-electron chi connectivity index (χ0n) is 15.1. The van der Waals surface area contributed by atoms with Gasteiger partial charge < -0.3 is 4.90 Å². The lowest BCUT2D eigenvalue weighted by Gasteiger charge is -2.43. The SMILES string of the molecule is Cc1cc(F)ccc1CN1CCN(c2cn[nH]c(=O)c2Cl)C(CC(F)(F)F)C1. The molecule has 1 aromatic heterocycles. The molecule has 152 valence electrons. The second kappa shape index (κ2) is 8.08. The summed E-state index contributed by atoms with van der Waals surface area (Å²) in [7, 11) is 0. The number of halogens is 5. The van der Waals surface area contributed by atoms with Crippen molar-refractivity contribution in [2.24, 2.45) is 0 Å². The highest BCUT2D eigenvalue weighted by molar-refractivity contribution is 6.33. The molecule has 1 aliphatic rings. The van der Waals surface area contributed by atoms with Gasteiger partial charge in [-0.2, -0.15) is 18.3 Å². The summed E-state index contributed by atoms with van der Waals surface area (Å²) in [5, 5.41) is 5.65. The average Bonchev–Trinajstić information content (AvgIpc) is 2.59. The molecule has 1 unspecified atom stereocenters. The monoisotopic (exact) mass is 418 g/mol. The van der Waals surface area contributed by atoms with E-state index in [1.54, 1.807) is 13.0 Å². The zero-order valence-corrected chi connectivity index (χ0v) is 15.8. The summed E-state index contributed by atoms with van der Waals surface area (Å²) in [5.74, 6) is -0.350. The van der Waals surface area contributed by atoms with Crippen molar-refractivity contribution in [3.8, 4) is 0 Å². The highest BCUT2D eigenvalue weighted by atomic mass is 35.5. The molecule has 3 rings (SSSR count). The molecule has 0 radical (unpaired) electrons. The minimum absolute atomic E-state index is 0.124. The number of aromatic nitrogens is 2. The summed E-state index contributed by atoms with van der Waals surface area (Å²) in [6.45, 7) is 3.03. The van der Waals surface area contributed by atoms with E-state index in [2.05, 4.69) is 10.2 Å². The lowest BCUT2D eigenvalue weighted by atomic mass is 10.0. The summed E-state index contributed by atoms with van der Waals surface area (Å²) in [5.41, 5.74) is 1.15. The fraction of sp³-hybridized carbons (Fsp3) is 0.444. The Kier molecular flexibility index (Phi) is 5.95. The van der Waals surface area contributed by atoms with Crippen LogP contribution in [0, 0.1) is 12.7 Å². The lowest BCUT2D eigenvalue weighted by Crippen LogP contribution is -2.54. The van der Waals surface area contributed by atoms with Gasteiger partial charge in [-0.05, 0) is 30.2 Å². The molecule has 0 spiro atoms. The third-order valence-corrected chi connectivity index (χ3v) is 5.18. The molecule has 0 amide bonds. The second-order valence-electron chi connectivity index (χ2n) is 6.87. The smallest absolute Gasteiger partial charge is 0.363 e. The van der Waals surface area contributed by atoms with Crippen LogP contribution in [0.5, 0.6) is 0 Å². The highest BCUT2D eigenvalue weighted by Gasteiger charge is 2.38. The molecule has 10 heteroatoms. The Morgan fingerprint density at radius 1 is 1.32 bits per heavy atom. The van der Waals surface area contributed by atoms with Gasteiger partial charge in [0.2, 0.25) is 0 Å². The average molecular weight is 419 g/mol. The molecule has 5 nitrogen and oxygen atoms in total. The van der Waals surface area contributed by atoms with Crippen LogP contribution in [0.3, 0.4) is 0 Å². The molecule has 28 heavy (non-hydrogen) atoms. The number of hydrogen-bond donors (Lipinski definition) is 1. The molecule has 0 bridgehead atoms. The minimum Gasteiger partial charge on any atom is -0.363 e. The van der Waals surface area contributed by atoms with Crippen LogP contribution in [0.25, 0.3) is 0 Å². The number of rotatable bonds is 4. The van der Waals surface area contributed by atoms with Crippen LogP contribution in [0.2, 0.25) is 5.02 Å². The molecular formula is C18H19ClF4N4O. The van der Waals surface area contributed by atoms with E-state index in [0.717, 1.165) is 11.1 Å². The van der Waals surface area contributed by atoms with Gasteiger partial charge in [-0.1, -0.05) is 17.7 Å². The molecule has 1 aromatic carbocycles. The Morgan fingerprint density at radius 3 is 2.75 bits per heavy atom. The normalized spacial score (nSPS) is 18.5. The minimum atomic E-state index is -4.38. The number of aromatic amines is 1. The van der Waals surface area contributed by atoms with Crippen LogP contribution < -0.4 is 10.5 Å². The first kappa shape index (κ1) is 20.6. The maximum Gasteiger partial charge on any atom is 0.391 e. The Hall–Kier alpha value is -2.13. The number of anilines is 1. The van der Waals surface area contributed by atoms with Crippen LogP contribution in [0.4, 0.5) is 23.2 Å². The molecule has 1 atom stereocenters. The number of aryl methyl sites for hydroxylation is 1. The van der Waals surface area contributed by atoms with Gasteiger partial charge in [0, 0.05) is 26.2 Å². The van der Waals surface area contributed by atoms with Gasteiger partial charge in [0.25, 0.3) is 5.56 Å². The van der Waals surface area contributed by atoms with Crippen molar-refractivity contribution in [1.29, 1.82) is 0 Å². The van der Waals surface area contributed by atoms with Crippen LogP contribution in [-0.4, -0.2) is 46.9 Å². The fourth-order valence-corrected chi connectivity index (χ4v) is 3.67. The fourth-order valence-electron chi connectivity index (χ4n) is 3.47. The maximum absolute atomic E-state index is 13.3. The first-order chi connectivity index (χ1) is 13.1. The van der Waals surface area contributed by atoms with E-state index >= 15 is 0 Å². The molecular weight excluding hydrogens is 400 g/mol. The quantitative estimate of drug-likeness (QED) is 0.772. The van der Waals surface area contributed by atoms with Crippen molar-refractivity contribution in [2.45, 2.75) is 32.1 Å². The molecule has 1 fully saturated rings. The topological polar surface area (TPSA) is 52.2 Å². The zero-order chi connectivity index (χ0) is 20.5. The van der Waals surface area contributed by atoms with Crippen LogP contribution in [-0.2, 0) is 6.54 Å². The van der Waals surface area contributed by atoms with E-state index in [1.807, 2.05) is 4.90 Å². The molecule has 2 aromatic rings. The van der Waals surface area contributed by atoms with Crippen molar-refractivity contribution in [3.63, 3.8) is 0 Å². The number of hydrogen-bond acceptors (Lipinski definition) is 4. The summed E-state index contributed by atoms with van der Waals surface area (Å²) in [6, 6.07) is 3.47. The van der Waals surface area contributed by atoms with E-state index in [0.29, 0.717) is 13.1 Å². The highest BCUT2D eigenvalue weighted by Crippen LogP contribution is 2.32. The summed E-state index contributed by atoms with van der Waals surface area (Å²) in [6.07, 6.45) is -4.15. The molecule has 1 N–H and O–H groups in total. The van der Waals surface area contributed by atoms with E-state index in [-0.39, 0.29) is 29.6 Å². The standard InChI is InChI=1S/C18H19ClF4N4O/c1-11-6-13(20)3-2-12(11)9-26-4-5-27(14(10-26)7-18(21,22)23)15-8-24-25-17(28)16(15)19/h2-3,6,8,14H,4-5,7,9-10H2,1H3,(H,25,28). The van der Waals surface area contributed by atoms with E-state index < -0.39 is 24.2 Å².